The number of hydrogen-bond donors (Lipinski definition) is 5. The second kappa shape index (κ2) is 6.23. The Hall–Kier alpha value is -2.42. The Balaban J connectivity index is 2.26. The summed E-state index contributed by atoms with van der Waals surface area (Å²) in [6.45, 7) is 4.21. The minimum atomic E-state index is -0.236. The number of hydrogen-bond acceptors (Lipinski definition) is 8. The van der Waals surface area contributed by atoms with E-state index in [-0.39, 0.29) is 23.8 Å². The Kier molecular flexibility index (Phi) is 4.63. The summed E-state index contributed by atoms with van der Waals surface area (Å²) < 4.78 is 0. The van der Waals surface area contributed by atoms with E-state index in [9.17, 15) is 4.79 Å². The lowest BCUT2D eigenvalue weighted by molar-refractivity contribution is -0.116. The van der Waals surface area contributed by atoms with Crippen molar-refractivity contribution in [2.45, 2.75) is 0 Å². The maximum absolute atomic E-state index is 10.8. The third-order valence-corrected chi connectivity index (χ3v) is 1.60. The number of anilines is 3. The van der Waals surface area contributed by atoms with Crippen LogP contribution < -0.4 is 27.6 Å². The number of carbonyl (C=O) groups is 1. The summed E-state index contributed by atoms with van der Waals surface area (Å²) in [4.78, 5) is 22.0. The van der Waals surface area contributed by atoms with Crippen molar-refractivity contribution in [3.63, 3.8) is 0 Å². The summed E-state index contributed by atoms with van der Waals surface area (Å²) in [6.07, 6.45) is 1.20. The quantitative estimate of drug-likeness (QED) is 0.223. The molecule has 1 aromatic heterocycles. The number of amides is 1. The van der Waals surface area contributed by atoms with E-state index < -0.39 is 0 Å². The lowest BCUT2D eigenvalue weighted by Gasteiger charge is -2.07. The van der Waals surface area contributed by atoms with Crippen molar-refractivity contribution in [2.24, 2.45) is 0 Å². The van der Waals surface area contributed by atoms with Crippen LogP contribution in [0.1, 0.15) is 0 Å². The summed E-state index contributed by atoms with van der Waals surface area (Å²) >= 11 is 0. The molecule has 0 spiro atoms. The molecule has 0 fully saturated rings. The van der Waals surface area contributed by atoms with Crippen LogP contribution in [0.2, 0.25) is 0 Å². The normalized spacial score (nSPS) is 9.65. The number of aromatic nitrogens is 3. The average molecular weight is 238 g/mol. The van der Waals surface area contributed by atoms with Gasteiger partial charge in [-0.2, -0.15) is 15.0 Å². The minimum absolute atomic E-state index is 0.0294. The molecule has 92 valence electrons. The van der Waals surface area contributed by atoms with Crippen LogP contribution in [0.25, 0.3) is 0 Å². The molecule has 1 rings (SSSR count). The molecule has 1 amide bonds. The Labute approximate surface area is 97.7 Å². The Morgan fingerprint density at radius 3 is 2.47 bits per heavy atom. The number of nitrogens with two attached hydrogens (primary N) is 2. The van der Waals surface area contributed by atoms with Crippen molar-refractivity contribution in [1.29, 1.82) is 0 Å². The minimum Gasteiger partial charge on any atom is -0.368 e. The van der Waals surface area contributed by atoms with E-state index >= 15 is 0 Å². The van der Waals surface area contributed by atoms with Gasteiger partial charge in [0.1, 0.15) is 0 Å². The number of hydrazine groups is 1. The first-order valence-electron chi connectivity index (χ1n) is 4.78. The van der Waals surface area contributed by atoms with Crippen LogP contribution in [-0.4, -0.2) is 33.9 Å². The molecule has 0 aliphatic heterocycles. The van der Waals surface area contributed by atoms with Gasteiger partial charge < -0.3 is 16.8 Å². The molecule has 9 heteroatoms. The molecule has 7 N–H and O–H groups in total. The van der Waals surface area contributed by atoms with Crippen molar-refractivity contribution >= 4 is 23.8 Å². The predicted molar refractivity (Wildman–Crippen MR) is 63.5 cm³/mol. The number of nitrogens with zero attached hydrogens (tertiary/aromatic N) is 3. The standard InChI is InChI=1S/C8H14N8O/c1-2-5(17)11-3-4-12-16-8-14-6(9)13-7(10)15-8/h2,12H,1,3-4H2,(H,11,17)(H5,9,10,13,14,15,16). The summed E-state index contributed by atoms with van der Waals surface area (Å²) in [5, 5.41) is 2.58. The molecule has 0 unspecified atom stereocenters. The first-order valence-corrected chi connectivity index (χ1v) is 4.78. The van der Waals surface area contributed by atoms with E-state index in [0.29, 0.717) is 13.1 Å². The molecular weight excluding hydrogens is 224 g/mol. The third kappa shape index (κ3) is 4.75. The van der Waals surface area contributed by atoms with Gasteiger partial charge in [0.2, 0.25) is 23.8 Å². The second-order valence-electron chi connectivity index (χ2n) is 2.92. The van der Waals surface area contributed by atoms with Crippen LogP contribution in [0, 0.1) is 0 Å². The fourth-order valence-electron chi connectivity index (χ4n) is 0.927. The average Bonchev–Trinajstić information content (AvgIpc) is 2.27. The van der Waals surface area contributed by atoms with Crippen LogP contribution in [0.5, 0.6) is 0 Å². The van der Waals surface area contributed by atoms with E-state index in [2.05, 4.69) is 37.7 Å². The van der Waals surface area contributed by atoms with Crippen LogP contribution in [0.15, 0.2) is 12.7 Å². The molecule has 1 heterocycles. The SMILES string of the molecule is C=CC(=O)NCCNNc1nc(N)nc(N)n1. The van der Waals surface area contributed by atoms with Crippen molar-refractivity contribution in [3.05, 3.63) is 12.7 Å². The van der Waals surface area contributed by atoms with Crippen LogP contribution in [0.4, 0.5) is 17.8 Å². The highest BCUT2D eigenvalue weighted by Gasteiger charge is 2.00. The molecule has 0 aliphatic rings. The molecule has 17 heavy (non-hydrogen) atoms. The van der Waals surface area contributed by atoms with Crippen molar-refractivity contribution in [3.8, 4) is 0 Å². The van der Waals surface area contributed by atoms with E-state index in [1.165, 1.54) is 6.08 Å². The largest absolute Gasteiger partial charge is 0.368 e. The van der Waals surface area contributed by atoms with E-state index in [1.807, 2.05) is 0 Å². The summed E-state index contributed by atoms with van der Waals surface area (Å²) in [6, 6.07) is 0. The van der Waals surface area contributed by atoms with Gasteiger partial charge in [0.05, 0.1) is 0 Å². The highest BCUT2D eigenvalue weighted by molar-refractivity contribution is 5.86. The van der Waals surface area contributed by atoms with Gasteiger partial charge >= 0.3 is 0 Å². The van der Waals surface area contributed by atoms with Crippen LogP contribution in [-0.2, 0) is 4.79 Å². The first-order chi connectivity index (χ1) is 8.11. The lowest BCUT2D eigenvalue weighted by Crippen LogP contribution is -2.34. The van der Waals surface area contributed by atoms with Crippen LogP contribution >= 0.6 is 0 Å². The van der Waals surface area contributed by atoms with Gasteiger partial charge in [-0.15, -0.1) is 0 Å². The monoisotopic (exact) mass is 238 g/mol. The van der Waals surface area contributed by atoms with Gasteiger partial charge in [0, 0.05) is 13.1 Å². The number of nitrogen functional groups attached to an aromatic ring is 2. The second-order valence-corrected chi connectivity index (χ2v) is 2.92. The molecule has 0 saturated heterocycles. The zero-order chi connectivity index (χ0) is 12.7. The molecule has 0 aromatic carbocycles. The maximum Gasteiger partial charge on any atom is 0.243 e. The summed E-state index contributed by atoms with van der Waals surface area (Å²) in [5.41, 5.74) is 16.2. The zero-order valence-electron chi connectivity index (χ0n) is 9.10. The van der Waals surface area contributed by atoms with Crippen molar-refractivity contribution in [2.75, 3.05) is 30.0 Å². The molecule has 0 bridgehead atoms. The van der Waals surface area contributed by atoms with E-state index in [1.54, 1.807) is 0 Å². The number of nitrogens with one attached hydrogen (secondary N) is 3. The smallest absolute Gasteiger partial charge is 0.243 e. The Morgan fingerprint density at radius 2 is 1.88 bits per heavy atom. The van der Waals surface area contributed by atoms with Crippen molar-refractivity contribution < 1.29 is 4.79 Å². The molecule has 1 aromatic rings. The van der Waals surface area contributed by atoms with Gasteiger partial charge in [-0.3, -0.25) is 10.2 Å². The van der Waals surface area contributed by atoms with Crippen LogP contribution in [0.3, 0.4) is 0 Å². The Morgan fingerprint density at radius 1 is 1.24 bits per heavy atom. The fraction of sp³-hybridized carbons (Fsp3) is 0.250. The number of rotatable bonds is 6. The van der Waals surface area contributed by atoms with E-state index in [0.717, 1.165) is 0 Å². The zero-order valence-corrected chi connectivity index (χ0v) is 9.10. The molecule has 0 saturated carbocycles. The Bertz CT molecular complexity index is 386. The first kappa shape index (κ1) is 12.6. The summed E-state index contributed by atoms with van der Waals surface area (Å²) in [5.74, 6) is 0.0361. The van der Waals surface area contributed by atoms with Gasteiger partial charge in [-0.05, 0) is 6.08 Å². The molecule has 0 atom stereocenters. The lowest BCUT2D eigenvalue weighted by atomic mass is 10.5. The predicted octanol–water partition coefficient (Wildman–Crippen LogP) is -1.75. The number of carbonyl (C=O) groups excluding carboxylic acids is 1. The van der Waals surface area contributed by atoms with Gasteiger partial charge in [-0.1, -0.05) is 6.58 Å². The molecule has 9 nitrogen and oxygen atoms in total. The topological polar surface area (TPSA) is 144 Å². The fourth-order valence-corrected chi connectivity index (χ4v) is 0.927. The molecular formula is C8H14N8O. The van der Waals surface area contributed by atoms with E-state index in [4.69, 9.17) is 11.5 Å². The van der Waals surface area contributed by atoms with Gasteiger partial charge in [0.15, 0.2) is 0 Å². The maximum atomic E-state index is 10.8. The highest BCUT2D eigenvalue weighted by Crippen LogP contribution is 2.01. The van der Waals surface area contributed by atoms with Gasteiger partial charge in [0.25, 0.3) is 0 Å². The highest BCUT2D eigenvalue weighted by atomic mass is 16.1. The molecule has 0 aliphatic carbocycles. The summed E-state index contributed by atoms with van der Waals surface area (Å²) in [7, 11) is 0. The third-order valence-electron chi connectivity index (χ3n) is 1.60. The molecule has 0 radical (unpaired) electrons. The van der Waals surface area contributed by atoms with Crippen molar-refractivity contribution in [1.82, 2.24) is 25.7 Å². The van der Waals surface area contributed by atoms with Gasteiger partial charge in [-0.25, -0.2) is 5.43 Å².